The van der Waals surface area contributed by atoms with Gasteiger partial charge in [0.2, 0.25) is 0 Å². The molecule has 0 fully saturated rings. The second-order valence-corrected chi connectivity index (χ2v) is 3.97. The Hall–Kier alpha value is -1.56. The van der Waals surface area contributed by atoms with Crippen molar-refractivity contribution in [1.29, 1.82) is 0 Å². The predicted molar refractivity (Wildman–Crippen MR) is 62.9 cm³/mol. The third kappa shape index (κ3) is 2.97. The Morgan fingerprint density at radius 3 is 2.47 bits per heavy atom. The molecule has 0 saturated carbocycles. The molecule has 0 saturated heterocycles. The summed E-state index contributed by atoms with van der Waals surface area (Å²) < 4.78 is 9.23. The zero-order chi connectivity index (χ0) is 13.0. The first-order valence-electron chi connectivity index (χ1n) is 4.66. The number of aromatic hydroxyl groups is 1. The second-order valence-electron chi connectivity index (χ2n) is 3.18. The molecule has 0 aliphatic carbocycles. The minimum Gasteiger partial charge on any atom is -0.506 e. The quantitative estimate of drug-likeness (QED) is 0.860. The number of carbonyl (C=O) groups is 2. The average molecular weight is 303 g/mol. The van der Waals surface area contributed by atoms with Crippen molar-refractivity contribution in [3.63, 3.8) is 0 Å². The summed E-state index contributed by atoms with van der Waals surface area (Å²) in [5.74, 6) is -1.21. The molecule has 0 radical (unpaired) electrons. The van der Waals surface area contributed by atoms with Gasteiger partial charge in [-0.1, -0.05) is 6.07 Å². The van der Waals surface area contributed by atoms with E-state index in [0.717, 1.165) is 0 Å². The molecule has 1 aromatic carbocycles. The molecular weight excluding hydrogens is 292 g/mol. The van der Waals surface area contributed by atoms with Crippen LogP contribution in [0.3, 0.4) is 0 Å². The summed E-state index contributed by atoms with van der Waals surface area (Å²) in [5, 5.41) is 9.80. The molecule has 0 heterocycles. The first-order chi connectivity index (χ1) is 8.01. The van der Waals surface area contributed by atoms with Gasteiger partial charge < -0.3 is 14.6 Å². The van der Waals surface area contributed by atoms with Gasteiger partial charge in [-0.15, -0.1) is 0 Å². The topological polar surface area (TPSA) is 72.8 Å². The van der Waals surface area contributed by atoms with Crippen LogP contribution in [0, 0.1) is 0 Å². The molecule has 5 nitrogen and oxygen atoms in total. The smallest absolute Gasteiger partial charge is 0.339 e. The van der Waals surface area contributed by atoms with Crippen molar-refractivity contribution in [1.82, 2.24) is 0 Å². The fraction of sp³-hybridized carbons (Fsp3) is 0.273. The van der Waals surface area contributed by atoms with Crippen LogP contribution in [0.5, 0.6) is 5.75 Å². The fourth-order valence-electron chi connectivity index (χ4n) is 1.24. The number of carbonyl (C=O) groups excluding carboxylic acids is 2. The normalized spacial score (nSPS) is 9.82. The predicted octanol–water partition coefficient (Wildman–Crippen LogP) is 1.66. The summed E-state index contributed by atoms with van der Waals surface area (Å²) >= 11 is 3.08. The van der Waals surface area contributed by atoms with Crippen molar-refractivity contribution in [2.24, 2.45) is 0 Å². The first kappa shape index (κ1) is 13.5. The molecule has 0 amide bonds. The van der Waals surface area contributed by atoms with E-state index in [4.69, 9.17) is 0 Å². The lowest BCUT2D eigenvalue weighted by Gasteiger charge is -2.08. The Bertz CT molecular complexity index is 455. The Morgan fingerprint density at radius 1 is 1.29 bits per heavy atom. The van der Waals surface area contributed by atoms with Crippen molar-refractivity contribution in [2.75, 3.05) is 14.2 Å². The van der Waals surface area contributed by atoms with Crippen LogP contribution in [-0.2, 0) is 20.7 Å². The summed E-state index contributed by atoms with van der Waals surface area (Å²) in [4.78, 5) is 22.4. The summed E-state index contributed by atoms with van der Waals surface area (Å²) in [7, 11) is 2.51. The molecule has 0 aliphatic heterocycles. The summed E-state index contributed by atoms with van der Waals surface area (Å²) in [6, 6.07) is 2.94. The van der Waals surface area contributed by atoms with Crippen LogP contribution >= 0.6 is 15.9 Å². The minimum atomic E-state index is -0.572. The first-order valence-corrected chi connectivity index (χ1v) is 5.46. The highest BCUT2D eigenvalue weighted by atomic mass is 79.9. The standard InChI is InChI=1S/C11H11BrO5/c1-16-8(13)5-6-3-4-7(11(15)17-2)9(12)10(6)14/h3-4,14H,5H2,1-2H3. The number of hydrogen-bond acceptors (Lipinski definition) is 5. The molecule has 1 rings (SSSR count). The lowest BCUT2D eigenvalue weighted by molar-refractivity contribution is -0.139. The van der Waals surface area contributed by atoms with E-state index < -0.39 is 11.9 Å². The van der Waals surface area contributed by atoms with Gasteiger partial charge in [0.05, 0.1) is 30.7 Å². The highest BCUT2D eigenvalue weighted by Gasteiger charge is 2.17. The molecule has 17 heavy (non-hydrogen) atoms. The van der Waals surface area contributed by atoms with Crippen molar-refractivity contribution in [2.45, 2.75) is 6.42 Å². The Morgan fingerprint density at radius 2 is 1.94 bits per heavy atom. The third-order valence-electron chi connectivity index (χ3n) is 2.17. The number of halogens is 1. The van der Waals surface area contributed by atoms with Crippen LogP contribution in [0.4, 0.5) is 0 Å². The molecule has 0 atom stereocenters. The number of methoxy groups -OCH3 is 2. The van der Waals surface area contributed by atoms with E-state index in [9.17, 15) is 14.7 Å². The van der Waals surface area contributed by atoms with Crippen molar-refractivity contribution < 1.29 is 24.2 Å². The lowest BCUT2D eigenvalue weighted by atomic mass is 10.1. The summed E-state index contributed by atoms with van der Waals surface area (Å²) in [6.45, 7) is 0. The molecule has 0 aromatic heterocycles. The van der Waals surface area contributed by atoms with Crippen LogP contribution in [-0.4, -0.2) is 31.3 Å². The number of ether oxygens (including phenoxy) is 2. The van der Waals surface area contributed by atoms with E-state index in [0.29, 0.717) is 5.56 Å². The second kappa shape index (κ2) is 5.67. The van der Waals surface area contributed by atoms with Crippen LogP contribution in [0.1, 0.15) is 15.9 Å². The van der Waals surface area contributed by atoms with E-state index >= 15 is 0 Å². The van der Waals surface area contributed by atoms with Gasteiger partial charge in [-0.25, -0.2) is 4.79 Å². The highest BCUT2D eigenvalue weighted by molar-refractivity contribution is 9.10. The highest BCUT2D eigenvalue weighted by Crippen LogP contribution is 2.32. The monoisotopic (exact) mass is 302 g/mol. The Labute approximate surface area is 106 Å². The van der Waals surface area contributed by atoms with Crippen LogP contribution in [0.15, 0.2) is 16.6 Å². The van der Waals surface area contributed by atoms with Gasteiger partial charge in [0.15, 0.2) is 0 Å². The number of phenolic OH excluding ortho intramolecular Hbond substituents is 1. The summed E-state index contributed by atoms with van der Waals surface area (Å²) in [6.07, 6.45) is -0.0671. The molecular formula is C11H11BrO5. The number of esters is 2. The zero-order valence-corrected chi connectivity index (χ0v) is 10.9. The van der Waals surface area contributed by atoms with Gasteiger partial charge in [-0.05, 0) is 22.0 Å². The van der Waals surface area contributed by atoms with E-state index in [1.165, 1.54) is 26.4 Å². The van der Waals surface area contributed by atoms with Crippen LogP contribution in [0.2, 0.25) is 0 Å². The van der Waals surface area contributed by atoms with E-state index in [2.05, 4.69) is 25.4 Å². The molecule has 0 spiro atoms. The van der Waals surface area contributed by atoms with E-state index in [1.54, 1.807) is 0 Å². The van der Waals surface area contributed by atoms with Gasteiger partial charge >= 0.3 is 11.9 Å². The van der Waals surface area contributed by atoms with Gasteiger partial charge in [0, 0.05) is 5.56 Å². The maximum absolute atomic E-state index is 11.3. The van der Waals surface area contributed by atoms with Gasteiger partial charge in [0.1, 0.15) is 5.75 Å². The van der Waals surface area contributed by atoms with Crippen molar-refractivity contribution >= 4 is 27.9 Å². The maximum atomic E-state index is 11.3. The van der Waals surface area contributed by atoms with Crippen LogP contribution in [0.25, 0.3) is 0 Å². The average Bonchev–Trinajstić information content (AvgIpc) is 2.34. The Kier molecular flexibility index (Phi) is 4.51. The molecule has 6 heteroatoms. The van der Waals surface area contributed by atoms with Crippen molar-refractivity contribution in [3.05, 3.63) is 27.7 Å². The molecule has 92 valence electrons. The third-order valence-corrected chi connectivity index (χ3v) is 2.97. The van der Waals surface area contributed by atoms with E-state index in [1.807, 2.05) is 0 Å². The molecule has 1 N–H and O–H groups in total. The number of phenols is 1. The lowest BCUT2D eigenvalue weighted by Crippen LogP contribution is -2.07. The zero-order valence-electron chi connectivity index (χ0n) is 9.32. The fourth-order valence-corrected chi connectivity index (χ4v) is 1.79. The van der Waals surface area contributed by atoms with Crippen LogP contribution < -0.4 is 0 Å². The molecule has 0 unspecified atom stereocenters. The van der Waals surface area contributed by atoms with Gasteiger partial charge in [-0.2, -0.15) is 0 Å². The van der Waals surface area contributed by atoms with Gasteiger partial charge in [-0.3, -0.25) is 4.79 Å². The van der Waals surface area contributed by atoms with E-state index in [-0.39, 0.29) is 22.2 Å². The van der Waals surface area contributed by atoms with Crippen molar-refractivity contribution in [3.8, 4) is 5.75 Å². The molecule has 0 bridgehead atoms. The SMILES string of the molecule is COC(=O)Cc1ccc(C(=O)OC)c(Br)c1O. The number of benzene rings is 1. The van der Waals surface area contributed by atoms with Gasteiger partial charge in [0.25, 0.3) is 0 Å². The summed E-state index contributed by atoms with van der Waals surface area (Å²) in [5.41, 5.74) is 0.565. The number of rotatable bonds is 3. The minimum absolute atomic E-state index is 0.0671. The molecule has 0 aliphatic rings. The Balaban J connectivity index is 3.10. The molecule has 1 aromatic rings. The maximum Gasteiger partial charge on any atom is 0.339 e. The number of hydrogen-bond donors (Lipinski definition) is 1. The largest absolute Gasteiger partial charge is 0.506 e.